The van der Waals surface area contributed by atoms with E-state index in [4.69, 9.17) is 16.3 Å². The first-order chi connectivity index (χ1) is 18.7. The molecule has 1 unspecified atom stereocenters. The van der Waals surface area contributed by atoms with Crippen molar-refractivity contribution < 1.29 is 28.6 Å². The van der Waals surface area contributed by atoms with Gasteiger partial charge in [0.1, 0.15) is 18.2 Å². The Kier molecular flexibility index (Phi) is 11.1. The topological polar surface area (TPSA) is 87.2 Å². The molecule has 0 aliphatic carbocycles. The lowest BCUT2D eigenvalue weighted by Crippen LogP contribution is -2.33. The first-order valence-corrected chi connectivity index (χ1v) is 13.1. The number of imide groups is 1. The molecule has 0 saturated carbocycles. The molecule has 40 heavy (non-hydrogen) atoms. The van der Waals surface area contributed by atoms with Crippen molar-refractivity contribution in [2.45, 2.75) is 45.3 Å². The molecule has 10 heteroatoms. The molecule has 212 valence electrons. The standard InChI is InChI=1S/C30H30ClFN2O5.ClH/c1-20-16-22(4-11-27(20)39-15-14-34-28(35)12-13-29(34)36)19-33(18-21-2-9-25(32)10-3-21)26(17-30(37)38)23-5-7-24(31)8-6-23;/h2-11,16,26H,12-15,17-19H2,1H3,(H,37,38);1H. The Labute approximate surface area is 243 Å². The molecule has 4 rings (SSSR count). The van der Waals surface area contributed by atoms with E-state index in [1.807, 2.05) is 42.2 Å². The summed E-state index contributed by atoms with van der Waals surface area (Å²) in [5, 5.41) is 10.3. The Bertz CT molecular complexity index is 1320. The maximum atomic E-state index is 13.5. The monoisotopic (exact) mass is 588 g/mol. The molecule has 7 nitrogen and oxygen atoms in total. The van der Waals surface area contributed by atoms with E-state index in [0.717, 1.165) is 22.3 Å². The Balaban J connectivity index is 0.00000441. The smallest absolute Gasteiger partial charge is 0.305 e. The van der Waals surface area contributed by atoms with Crippen LogP contribution in [0.1, 0.15) is 47.6 Å². The van der Waals surface area contributed by atoms with Crippen molar-refractivity contribution in [1.29, 1.82) is 0 Å². The molecule has 3 aromatic rings. The van der Waals surface area contributed by atoms with E-state index in [1.54, 1.807) is 24.3 Å². The minimum Gasteiger partial charge on any atom is -0.491 e. The Morgan fingerprint density at radius 3 is 2.20 bits per heavy atom. The fourth-order valence-corrected chi connectivity index (χ4v) is 4.86. The van der Waals surface area contributed by atoms with Gasteiger partial charge in [0.05, 0.1) is 13.0 Å². The van der Waals surface area contributed by atoms with Crippen molar-refractivity contribution in [3.05, 3.63) is 99.8 Å². The molecule has 1 aliphatic rings. The summed E-state index contributed by atoms with van der Waals surface area (Å²) in [6.07, 6.45) is 0.372. The molecular weight excluding hydrogens is 558 g/mol. The maximum absolute atomic E-state index is 13.5. The van der Waals surface area contributed by atoms with Gasteiger partial charge in [0, 0.05) is 37.0 Å². The molecular formula is C30H31Cl2FN2O5. The van der Waals surface area contributed by atoms with E-state index in [-0.39, 0.29) is 62.5 Å². The van der Waals surface area contributed by atoms with Gasteiger partial charge in [-0.1, -0.05) is 48.0 Å². The summed E-state index contributed by atoms with van der Waals surface area (Å²) in [6.45, 7) is 3.14. The van der Waals surface area contributed by atoms with Crippen LogP contribution in [-0.2, 0) is 27.5 Å². The third kappa shape index (κ3) is 8.27. The van der Waals surface area contributed by atoms with Crippen molar-refractivity contribution in [3.63, 3.8) is 0 Å². The molecule has 0 spiro atoms. The number of nitrogens with zero attached hydrogens (tertiary/aromatic N) is 2. The fourth-order valence-electron chi connectivity index (χ4n) is 4.73. The molecule has 1 N–H and O–H groups in total. The number of amides is 2. The largest absolute Gasteiger partial charge is 0.491 e. The zero-order valence-corrected chi connectivity index (χ0v) is 23.6. The van der Waals surface area contributed by atoms with E-state index in [2.05, 4.69) is 0 Å². The number of carboxylic acids is 1. The number of carbonyl (C=O) groups excluding carboxylic acids is 2. The van der Waals surface area contributed by atoms with Gasteiger partial charge in [0.15, 0.2) is 0 Å². The summed E-state index contributed by atoms with van der Waals surface area (Å²) in [5.41, 5.74) is 3.47. The predicted molar refractivity (Wildman–Crippen MR) is 152 cm³/mol. The first-order valence-electron chi connectivity index (χ1n) is 12.7. The summed E-state index contributed by atoms with van der Waals surface area (Å²) >= 11 is 6.08. The summed E-state index contributed by atoms with van der Waals surface area (Å²) in [5.74, 6) is -0.978. The van der Waals surface area contributed by atoms with Crippen LogP contribution in [-0.4, -0.2) is 45.8 Å². The van der Waals surface area contributed by atoms with Crippen LogP contribution in [0.25, 0.3) is 0 Å². The molecule has 1 fully saturated rings. The van der Waals surface area contributed by atoms with E-state index >= 15 is 0 Å². The lowest BCUT2D eigenvalue weighted by atomic mass is 9.99. The number of hydrogen-bond acceptors (Lipinski definition) is 5. The molecule has 1 saturated heterocycles. The van der Waals surface area contributed by atoms with Crippen LogP contribution < -0.4 is 4.74 Å². The normalized spacial score (nSPS) is 13.8. The number of ether oxygens (including phenoxy) is 1. The highest BCUT2D eigenvalue weighted by Crippen LogP contribution is 2.30. The lowest BCUT2D eigenvalue weighted by Gasteiger charge is -2.32. The number of carboxylic acid groups (broad SMARTS) is 1. The number of hydrogen-bond donors (Lipinski definition) is 1. The van der Waals surface area contributed by atoms with Gasteiger partial charge in [-0.3, -0.25) is 24.2 Å². The quantitative estimate of drug-likeness (QED) is 0.263. The molecule has 0 radical (unpaired) electrons. The predicted octanol–water partition coefficient (Wildman–Crippen LogP) is 5.96. The molecule has 0 bridgehead atoms. The highest BCUT2D eigenvalue weighted by molar-refractivity contribution is 6.30. The third-order valence-corrected chi connectivity index (χ3v) is 6.97. The highest BCUT2D eigenvalue weighted by Gasteiger charge is 2.28. The molecule has 1 aliphatic heterocycles. The second-order valence-corrected chi connectivity index (χ2v) is 10.0. The first kappa shape index (κ1) is 31.1. The van der Waals surface area contributed by atoms with Gasteiger partial charge in [-0.15, -0.1) is 12.4 Å². The average molecular weight is 589 g/mol. The third-order valence-electron chi connectivity index (χ3n) is 6.71. The van der Waals surface area contributed by atoms with Gasteiger partial charge >= 0.3 is 5.97 Å². The molecule has 2 amide bonds. The maximum Gasteiger partial charge on any atom is 0.305 e. The number of benzene rings is 3. The molecule has 1 atom stereocenters. The number of aryl methyl sites for hydroxylation is 1. The van der Waals surface area contributed by atoms with Crippen LogP contribution in [0.5, 0.6) is 5.75 Å². The number of aliphatic carboxylic acids is 1. The minimum atomic E-state index is -0.936. The summed E-state index contributed by atoms with van der Waals surface area (Å²) in [7, 11) is 0. The number of rotatable bonds is 12. The molecule has 1 heterocycles. The van der Waals surface area contributed by atoms with Crippen LogP contribution in [0.4, 0.5) is 4.39 Å². The Morgan fingerprint density at radius 2 is 1.60 bits per heavy atom. The van der Waals surface area contributed by atoms with Gasteiger partial charge < -0.3 is 9.84 Å². The SMILES string of the molecule is Cc1cc(CN(Cc2ccc(F)cc2)C(CC(=O)O)c2ccc(Cl)cc2)ccc1OCCN1C(=O)CCC1=O.Cl. The van der Waals surface area contributed by atoms with Crippen molar-refractivity contribution in [2.75, 3.05) is 13.2 Å². The highest BCUT2D eigenvalue weighted by atomic mass is 35.5. The van der Waals surface area contributed by atoms with Crippen LogP contribution in [0, 0.1) is 12.7 Å². The molecule has 3 aromatic carbocycles. The second kappa shape index (κ2) is 14.3. The van der Waals surface area contributed by atoms with Gasteiger partial charge in [0.25, 0.3) is 0 Å². The summed E-state index contributed by atoms with van der Waals surface area (Å²) in [6, 6.07) is 18.5. The Morgan fingerprint density at radius 1 is 1.00 bits per heavy atom. The van der Waals surface area contributed by atoms with Crippen molar-refractivity contribution >= 4 is 41.8 Å². The number of carbonyl (C=O) groups is 3. The van der Waals surface area contributed by atoms with E-state index < -0.39 is 12.0 Å². The van der Waals surface area contributed by atoms with Crippen LogP contribution in [0.2, 0.25) is 5.02 Å². The summed E-state index contributed by atoms with van der Waals surface area (Å²) < 4.78 is 19.4. The van der Waals surface area contributed by atoms with Crippen molar-refractivity contribution in [1.82, 2.24) is 9.80 Å². The van der Waals surface area contributed by atoms with Crippen molar-refractivity contribution in [3.8, 4) is 5.75 Å². The fraction of sp³-hybridized carbons (Fsp3) is 0.300. The second-order valence-electron chi connectivity index (χ2n) is 9.58. The van der Waals surface area contributed by atoms with Crippen molar-refractivity contribution in [2.24, 2.45) is 0 Å². The lowest BCUT2D eigenvalue weighted by molar-refractivity contribution is -0.140. The van der Waals surface area contributed by atoms with E-state index in [9.17, 15) is 23.9 Å². The van der Waals surface area contributed by atoms with Crippen LogP contribution in [0.3, 0.4) is 0 Å². The molecule has 0 aromatic heterocycles. The van der Waals surface area contributed by atoms with Gasteiger partial charge in [-0.2, -0.15) is 0 Å². The zero-order chi connectivity index (χ0) is 27.9. The average Bonchev–Trinajstić information content (AvgIpc) is 3.22. The Hall–Kier alpha value is -3.46. The van der Waals surface area contributed by atoms with Gasteiger partial charge in [0.2, 0.25) is 11.8 Å². The zero-order valence-electron chi connectivity index (χ0n) is 22.0. The number of halogens is 3. The van der Waals surface area contributed by atoms with Gasteiger partial charge in [-0.25, -0.2) is 4.39 Å². The van der Waals surface area contributed by atoms with Crippen LogP contribution in [0.15, 0.2) is 66.7 Å². The van der Waals surface area contributed by atoms with Crippen LogP contribution >= 0.6 is 24.0 Å². The number of likely N-dealkylation sites (tertiary alicyclic amines) is 1. The van der Waals surface area contributed by atoms with E-state index in [1.165, 1.54) is 17.0 Å². The van der Waals surface area contributed by atoms with Gasteiger partial charge in [-0.05, 0) is 59.5 Å². The summed E-state index contributed by atoms with van der Waals surface area (Å²) in [4.78, 5) is 38.8. The minimum absolute atomic E-state index is 0. The van der Waals surface area contributed by atoms with E-state index in [0.29, 0.717) is 23.9 Å².